The number of hydrogen-bond acceptors (Lipinski definition) is 6. The van der Waals surface area contributed by atoms with Crippen LogP contribution < -0.4 is 9.47 Å². The first kappa shape index (κ1) is 23.3. The zero-order valence-corrected chi connectivity index (χ0v) is 18.9. The van der Waals surface area contributed by atoms with Gasteiger partial charge in [-0.3, -0.25) is 4.79 Å². The molecule has 6 nitrogen and oxygen atoms in total. The van der Waals surface area contributed by atoms with Crippen molar-refractivity contribution in [2.45, 2.75) is 46.0 Å². The Kier molecular flexibility index (Phi) is 7.13. The molecule has 0 radical (unpaired) electrons. The predicted molar refractivity (Wildman–Crippen MR) is 123 cm³/mol. The zero-order valence-electron chi connectivity index (χ0n) is 18.9. The number of carbonyl (C=O) groups excluding carboxylic acids is 1. The Balaban J connectivity index is 1.91. The van der Waals surface area contributed by atoms with Gasteiger partial charge in [0.25, 0.3) is 0 Å². The van der Waals surface area contributed by atoms with Crippen LogP contribution in [-0.4, -0.2) is 34.8 Å². The largest absolute Gasteiger partial charge is 0.508 e. The predicted octanol–water partition coefficient (Wildman–Crippen LogP) is 5.41. The van der Waals surface area contributed by atoms with Gasteiger partial charge in [0.2, 0.25) is 0 Å². The quantitative estimate of drug-likeness (QED) is 0.501. The van der Waals surface area contributed by atoms with Crippen molar-refractivity contribution in [2.24, 2.45) is 0 Å². The van der Waals surface area contributed by atoms with Crippen LogP contribution in [0, 0.1) is 0 Å². The molecule has 3 N–H and O–H groups in total. The Morgan fingerprint density at radius 2 is 1.91 bits per heavy atom. The Morgan fingerprint density at radius 3 is 2.59 bits per heavy atom. The number of methoxy groups -OCH3 is 1. The lowest BCUT2D eigenvalue weighted by Gasteiger charge is -2.26. The van der Waals surface area contributed by atoms with Crippen molar-refractivity contribution in [3.8, 4) is 28.7 Å². The third-order valence-corrected chi connectivity index (χ3v) is 5.65. The Morgan fingerprint density at radius 1 is 1.16 bits per heavy atom. The van der Waals surface area contributed by atoms with Crippen LogP contribution in [0.1, 0.15) is 61.0 Å². The van der Waals surface area contributed by atoms with Gasteiger partial charge in [-0.25, -0.2) is 0 Å². The van der Waals surface area contributed by atoms with E-state index in [0.717, 1.165) is 18.9 Å². The van der Waals surface area contributed by atoms with E-state index < -0.39 is 5.92 Å². The maximum absolute atomic E-state index is 13.1. The summed E-state index contributed by atoms with van der Waals surface area (Å²) in [4.78, 5) is 13.1. The Hall–Kier alpha value is -3.41. The topological polar surface area (TPSA) is 96.2 Å². The fourth-order valence-electron chi connectivity index (χ4n) is 3.87. The fourth-order valence-corrected chi connectivity index (χ4v) is 3.87. The zero-order chi connectivity index (χ0) is 23.4. The van der Waals surface area contributed by atoms with E-state index in [0.29, 0.717) is 23.3 Å². The molecule has 2 aromatic rings. The smallest absolute Gasteiger partial charge is 0.181 e. The lowest BCUT2D eigenvalue weighted by atomic mass is 9.86. The normalized spacial score (nSPS) is 15.7. The molecule has 1 atom stereocenters. The summed E-state index contributed by atoms with van der Waals surface area (Å²) < 4.78 is 11.1. The molecule has 6 heteroatoms. The molecule has 0 spiro atoms. The number of ether oxygens (including phenoxy) is 2. The van der Waals surface area contributed by atoms with Crippen molar-refractivity contribution in [3.05, 3.63) is 64.3 Å². The van der Waals surface area contributed by atoms with Gasteiger partial charge in [-0.1, -0.05) is 29.4 Å². The average molecular weight is 439 g/mol. The van der Waals surface area contributed by atoms with Crippen molar-refractivity contribution in [1.82, 2.24) is 0 Å². The molecular weight excluding hydrogens is 408 g/mol. The standard InChI is InChI=1S/C26H30O6/c1-15(2)6-5-7-16(3)8-9-19-22(31-4)11-10-18(25(19)29)20-14-32-23-13-17(27)12-21(28)24(23)26(20)30/h6,8,10-13,20,27-29H,5,7,9,14H2,1-4H3/b16-8+/t20-/m1/s1. The molecule has 0 aliphatic carbocycles. The number of carbonyl (C=O) groups is 1. The Labute approximate surface area is 188 Å². The minimum Gasteiger partial charge on any atom is -0.508 e. The summed E-state index contributed by atoms with van der Waals surface area (Å²) in [6.07, 6.45) is 6.59. The van der Waals surface area contributed by atoms with Gasteiger partial charge in [-0.05, 0) is 46.1 Å². The van der Waals surface area contributed by atoms with Gasteiger partial charge in [0.1, 0.15) is 40.9 Å². The van der Waals surface area contributed by atoms with Gasteiger partial charge in [0.05, 0.1) is 13.0 Å². The summed E-state index contributed by atoms with van der Waals surface area (Å²) in [5.74, 6) is -1.04. The minimum atomic E-state index is -0.787. The van der Waals surface area contributed by atoms with Crippen molar-refractivity contribution in [3.63, 3.8) is 0 Å². The summed E-state index contributed by atoms with van der Waals surface area (Å²) in [5.41, 5.74) is 3.50. The molecule has 0 saturated carbocycles. The molecule has 1 aliphatic rings. The van der Waals surface area contributed by atoms with Crippen LogP contribution in [0.3, 0.4) is 0 Å². The Bertz CT molecular complexity index is 1080. The summed E-state index contributed by atoms with van der Waals surface area (Å²) >= 11 is 0. The summed E-state index contributed by atoms with van der Waals surface area (Å²) in [7, 11) is 1.54. The summed E-state index contributed by atoms with van der Waals surface area (Å²) in [6.45, 7) is 6.20. The SMILES string of the molecule is COc1ccc([C@H]2COc3cc(O)cc(O)c3C2=O)c(O)c1C/C=C(\C)CCC=C(C)C. The third kappa shape index (κ3) is 4.90. The highest BCUT2D eigenvalue weighted by molar-refractivity contribution is 6.07. The van der Waals surface area contributed by atoms with Crippen LogP contribution >= 0.6 is 0 Å². The first-order valence-corrected chi connectivity index (χ1v) is 10.6. The van der Waals surface area contributed by atoms with Crippen LogP contribution in [0.25, 0.3) is 0 Å². The van der Waals surface area contributed by atoms with Crippen molar-refractivity contribution in [1.29, 1.82) is 0 Å². The first-order valence-electron chi connectivity index (χ1n) is 10.6. The monoisotopic (exact) mass is 438 g/mol. The van der Waals surface area contributed by atoms with E-state index >= 15 is 0 Å². The molecule has 170 valence electrons. The van der Waals surface area contributed by atoms with E-state index in [9.17, 15) is 20.1 Å². The number of rotatable bonds is 7. The second kappa shape index (κ2) is 9.81. The maximum atomic E-state index is 13.1. The van der Waals surface area contributed by atoms with Gasteiger partial charge < -0.3 is 24.8 Å². The second-order valence-corrected chi connectivity index (χ2v) is 8.32. The number of ketones is 1. The molecule has 1 aliphatic heterocycles. The van der Waals surface area contributed by atoms with E-state index in [-0.39, 0.29) is 41.0 Å². The number of allylic oxidation sites excluding steroid dienone is 4. The minimum absolute atomic E-state index is 0.00540. The molecule has 0 unspecified atom stereocenters. The van der Waals surface area contributed by atoms with Crippen LogP contribution in [0.2, 0.25) is 0 Å². The van der Waals surface area contributed by atoms with Gasteiger partial charge in [-0.2, -0.15) is 0 Å². The van der Waals surface area contributed by atoms with E-state index in [1.165, 1.54) is 17.2 Å². The summed E-state index contributed by atoms with van der Waals surface area (Å²) in [6, 6.07) is 5.78. The molecule has 1 heterocycles. The highest BCUT2D eigenvalue weighted by atomic mass is 16.5. The van der Waals surface area contributed by atoms with E-state index in [1.807, 2.05) is 0 Å². The molecule has 0 aromatic heterocycles. The first-order chi connectivity index (χ1) is 15.2. The number of phenolic OH excluding ortho intramolecular Hbond substituents is 3. The second-order valence-electron chi connectivity index (χ2n) is 8.32. The van der Waals surface area contributed by atoms with Gasteiger partial charge >= 0.3 is 0 Å². The molecule has 0 saturated heterocycles. The average Bonchev–Trinajstić information content (AvgIpc) is 2.72. The summed E-state index contributed by atoms with van der Waals surface area (Å²) in [5, 5.41) is 30.9. The molecule has 2 aromatic carbocycles. The van der Waals surface area contributed by atoms with Gasteiger partial charge in [-0.15, -0.1) is 0 Å². The maximum Gasteiger partial charge on any atom is 0.181 e. The third-order valence-electron chi connectivity index (χ3n) is 5.65. The number of benzene rings is 2. The molecule has 32 heavy (non-hydrogen) atoms. The highest BCUT2D eigenvalue weighted by Crippen LogP contribution is 2.43. The number of aromatic hydroxyl groups is 3. The number of Topliss-reactive ketones (excluding diaryl/α,β-unsaturated/α-hetero) is 1. The molecule has 0 amide bonds. The molecule has 3 rings (SSSR count). The lowest BCUT2D eigenvalue weighted by Crippen LogP contribution is -2.26. The van der Waals surface area contributed by atoms with E-state index in [2.05, 4.69) is 32.9 Å². The fraction of sp³-hybridized carbons (Fsp3) is 0.346. The van der Waals surface area contributed by atoms with Gasteiger partial charge in [0.15, 0.2) is 5.78 Å². The van der Waals surface area contributed by atoms with Crippen LogP contribution in [0.15, 0.2) is 47.6 Å². The molecule has 0 fully saturated rings. The van der Waals surface area contributed by atoms with Crippen molar-refractivity contribution < 1.29 is 29.6 Å². The highest BCUT2D eigenvalue weighted by Gasteiger charge is 2.35. The van der Waals surface area contributed by atoms with Crippen molar-refractivity contribution >= 4 is 5.78 Å². The van der Waals surface area contributed by atoms with Crippen LogP contribution in [0.5, 0.6) is 28.7 Å². The lowest BCUT2D eigenvalue weighted by molar-refractivity contribution is 0.0890. The number of phenols is 3. The van der Waals surface area contributed by atoms with Crippen molar-refractivity contribution in [2.75, 3.05) is 13.7 Å². The van der Waals surface area contributed by atoms with Gasteiger partial charge in [0, 0.05) is 23.3 Å². The van der Waals surface area contributed by atoms with Crippen LogP contribution in [0.4, 0.5) is 0 Å². The molecular formula is C26H30O6. The molecule has 0 bridgehead atoms. The number of hydrogen-bond donors (Lipinski definition) is 3. The van der Waals surface area contributed by atoms with E-state index in [1.54, 1.807) is 19.2 Å². The number of fused-ring (bicyclic) bond motifs is 1. The van der Waals surface area contributed by atoms with E-state index in [4.69, 9.17) is 9.47 Å². The van der Waals surface area contributed by atoms with Crippen LogP contribution in [-0.2, 0) is 6.42 Å².